The van der Waals surface area contributed by atoms with Gasteiger partial charge in [0.05, 0.1) is 0 Å². The standard InChI is InChI=1S/C18H23N/c1-12-9-13(2)18(14(3)10-12)17-8-6-7-16(11-17)15(4)19-5/h6-11,15,19H,1-5H3. The van der Waals surface area contributed by atoms with Gasteiger partial charge in [-0.15, -0.1) is 0 Å². The van der Waals surface area contributed by atoms with E-state index in [1.807, 2.05) is 7.05 Å². The Morgan fingerprint density at radius 3 is 2.16 bits per heavy atom. The molecule has 0 saturated carbocycles. The Bertz CT molecular complexity index is 561. The molecule has 0 aliphatic heterocycles. The van der Waals surface area contributed by atoms with Crippen molar-refractivity contribution in [2.75, 3.05) is 7.05 Å². The molecule has 2 aromatic rings. The molecular formula is C18H23N. The fourth-order valence-corrected chi connectivity index (χ4v) is 2.77. The summed E-state index contributed by atoms with van der Waals surface area (Å²) in [6.07, 6.45) is 0. The van der Waals surface area contributed by atoms with Crippen molar-refractivity contribution < 1.29 is 0 Å². The van der Waals surface area contributed by atoms with E-state index in [2.05, 4.69) is 69.4 Å². The normalized spacial score (nSPS) is 12.5. The second-order valence-electron chi connectivity index (χ2n) is 5.41. The lowest BCUT2D eigenvalue weighted by Crippen LogP contribution is -2.12. The summed E-state index contributed by atoms with van der Waals surface area (Å²) in [7, 11) is 2.00. The topological polar surface area (TPSA) is 12.0 Å². The first kappa shape index (κ1) is 13.8. The zero-order valence-electron chi connectivity index (χ0n) is 12.5. The minimum absolute atomic E-state index is 0.381. The number of nitrogens with one attached hydrogen (secondary N) is 1. The lowest BCUT2D eigenvalue weighted by molar-refractivity contribution is 0.652. The summed E-state index contributed by atoms with van der Waals surface area (Å²) in [4.78, 5) is 0. The Morgan fingerprint density at radius 1 is 0.947 bits per heavy atom. The smallest absolute Gasteiger partial charge is 0.0289 e. The van der Waals surface area contributed by atoms with Gasteiger partial charge in [0.15, 0.2) is 0 Å². The Balaban J connectivity index is 2.54. The van der Waals surface area contributed by atoms with Crippen LogP contribution in [-0.2, 0) is 0 Å². The average molecular weight is 253 g/mol. The van der Waals surface area contributed by atoms with Crippen LogP contribution in [0.15, 0.2) is 36.4 Å². The maximum atomic E-state index is 3.30. The van der Waals surface area contributed by atoms with Crippen LogP contribution in [0.4, 0.5) is 0 Å². The minimum Gasteiger partial charge on any atom is -0.313 e. The Hall–Kier alpha value is -1.60. The van der Waals surface area contributed by atoms with Crippen LogP contribution >= 0.6 is 0 Å². The molecule has 0 spiro atoms. The fourth-order valence-electron chi connectivity index (χ4n) is 2.77. The molecule has 2 rings (SSSR count). The molecule has 0 amide bonds. The molecule has 100 valence electrons. The van der Waals surface area contributed by atoms with E-state index in [0.29, 0.717) is 6.04 Å². The third kappa shape index (κ3) is 2.87. The first-order valence-electron chi connectivity index (χ1n) is 6.88. The highest BCUT2D eigenvalue weighted by Crippen LogP contribution is 2.30. The molecule has 1 N–H and O–H groups in total. The minimum atomic E-state index is 0.381. The van der Waals surface area contributed by atoms with Crippen molar-refractivity contribution in [3.05, 3.63) is 58.7 Å². The first-order chi connectivity index (χ1) is 9.02. The molecule has 1 heteroatoms. The molecule has 0 aliphatic rings. The van der Waals surface area contributed by atoms with Gasteiger partial charge in [-0.2, -0.15) is 0 Å². The van der Waals surface area contributed by atoms with Gasteiger partial charge in [-0.05, 0) is 68.6 Å². The second-order valence-corrected chi connectivity index (χ2v) is 5.41. The van der Waals surface area contributed by atoms with Crippen molar-refractivity contribution in [2.45, 2.75) is 33.7 Å². The summed E-state index contributed by atoms with van der Waals surface area (Å²) in [6, 6.07) is 13.7. The Kier molecular flexibility index (Phi) is 4.06. The number of hydrogen-bond acceptors (Lipinski definition) is 1. The van der Waals surface area contributed by atoms with Crippen LogP contribution in [0.2, 0.25) is 0 Å². The van der Waals surface area contributed by atoms with Gasteiger partial charge in [-0.25, -0.2) is 0 Å². The summed E-state index contributed by atoms with van der Waals surface area (Å²) < 4.78 is 0. The quantitative estimate of drug-likeness (QED) is 0.845. The maximum Gasteiger partial charge on any atom is 0.0289 e. The van der Waals surface area contributed by atoms with E-state index in [1.165, 1.54) is 33.4 Å². The van der Waals surface area contributed by atoms with Gasteiger partial charge < -0.3 is 5.32 Å². The fraction of sp³-hybridized carbons (Fsp3) is 0.333. The summed E-state index contributed by atoms with van der Waals surface area (Å²) in [5, 5.41) is 3.30. The molecule has 0 radical (unpaired) electrons. The first-order valence-corrected chi connectivity index (χ1v) is 6.88. The molecule has 0 heterocycles. The van der Waals surface area contributed by atoms with Gasteiger partial charge in [0.2, 0.25) is 0 Å². The number of benzene rings is 2. The van der Waals surface area contributed by atoms with Gasteiger partial charge >= 0.3 is 0 Å². The summed E-state index contributed by atoms with van der Waals surface area (Å²) in [5.41, 5.74) is 8.06. The predicted octanol–water partition coefficient (Wildman–Crippen LogP) is 4.56. The highest BCUT2D eigenvalue weighted by molar-refractivity contribution is 5.71. The van der Waals surface area contributed by atoms with Crippen molar-refractivity contribution in [1.82, 2.24) is 5.32 Å². The Morgan fingerprint density at radius 2 is 1.58 bits per heavy atom. The van der Waals surface area contributed by atoms with Crippen molar-refractivity contribution >= 4 is 0 Å². The van der Waals surface area contributed by atoms with E-state index in [-0.39, 0.29) is 0 Å². The van der Waals surface area contributed by atoms with E-state index in [9.17, 15) is 0 Å². The van der Waals surface area contributed by atoms with Gasteiger partial charge in [-0.3, -0.25) is 0 Å². The maximum absolute atomic E-state index is 3.30. The van der Waals surface area contributed by atoms with Crippen LogP contribution in [0, 0.1) is 20.8 Å². The van der Waals surface area contributed by atoms with Crippen molar-refractivity contribution in [2.24, 2.45) is 0 Å². The van der Waals surface area contributed by atoms with E-state index in [4.69, 9.17) is 0 Å². The molecule has 2 aromatic carbocycles. The second kappa shape index (κ2) is 5.58. The number of rotatable bonds is 3. The van der Waals surface area contributed by atoms with Gasteiger partial charge in [-0.1, -0.05) is 35.9 Å². The molecule has 0 saturated heterocycles. The van der Waals surface area contributed by atoms with Gasteiger partial charge in [0, 0.05) is 6.04 Å². The van der Waals surface area contributed by atoms with E-state index in [0.717, 1.165) is 0 Å². The van der Waals surface area contributed by atoms with Crippen LogP contribution in [0.5, 0.6) is 0 Å². The SMILES string of the molecule is CNC(C)c1cccc(-c2c(C)cc(C)cc2C)c1. The third-order valence-electron chi connectivity index (χ3n) is 3.79. The van der Waals surface area contributed by atoms with E-state index >= 15 is 0 Å². The summed E-state index contributed by atoms with van der Waals surface area (Å²) in [6.45, 7) is 8.74. The van der Waals surface area contributed by atoms with Crippen molar-refractivity contribution in [3.8, 4) is 11.1 Å². The summed E-state index contributed by atoms with van der Waals surface area (Å²) >= 11 is 0. The largest absolute Gasteiger partial charge is 0.313 e. The predicted molar refractivity (Wildman–Crippen MR) is 83.6 cm³/mol. The molecule has 0 aliphatic carbocycles. The van der Waals surface area contributed by atoms with Gasteiger partial charge in [0.25, 0.3) is 0 Å². The van der Waals surface area contributed by atoms with Gasteiger partial charge in [0.1, 0.15) is 0 Å². The molecule has 1 unspecified atom stereocenters. The third-order valence-corrected chi connectivity index (χ3v) is 3.79. The van der Waals surface area contributed by atoms with Crippen LogP contribution < -0.4 is 5.32 Å². The van der Waals surface area contributed by atoms with Crippen LogP contribution in [-0.4, -0.2) is 7.05 Å². The lowest BCUT2D eigenvalue weighted by atomic mass is 9.92. The van der Waals surface area contributed by atoms with Crippen LogP contribution in [0.25, 0.3) is 11.1 Å². The molecule has 1 atom stereocenters. The highest BCUT2D eigenvalue weighted by atomic mass is 14.8. The van der Waals surface area contributed by atoms with Crippen LogP contribution in [0.1, 0.15) is 35.2 Å². The number of hydrogen-bond donors (Lipinski definition) is 1. The monoisotopic (exact) mass is 253 g/mol. The van der Waals surface area contributed by atoms with Crippen LogP contribution in [0.3, 0.4) is 0 Å². The zero-order chi connectivity index (χ0) is 14.0. The van der Waals surface area contributed by atoms with E-state index in [1.54, 1.807) is 0 Å². The highest BCUT2D eigenvalue weighted by Gasteiger charge is 2.09. The summed E-state index contributed by atoms with van der Waals surface area (Å²) in [5.74, 6) is 0. The molecule has 19 heavy (non-hydrogen) atoms. The molecule has 0 bridgehead atoms. The Labute approximate surface area is 116 Å². The van der Waals surface area contributed by atoms with Crippen molar-refractivity contribution in [1.29, 1.82) is 0 Å². The van der Waals surface area contributed by atoms with Crippen molar-refractivity contribution in [3.63, 3.8) is 0 Å². The zero-order valence-corrected chi connectivity index (χ0v) is 12.5. The molecule has 0 fully saturated rings. The molecule has 0 aromatic heterocycles. The van der Waals surface area contributed by atoms with E-state index < -0.39 is 0 Å². The molecular weight excluding hydrogens is 230 g/mol. The number of aryl methyl sites for hydroxylation is 3. The molecule has 1 nitrogen and oxygen atoms in total. The lowest BCUT2D eigenvalue weighted by Gasteiger charge is -2.15. The average Bonchev–Trinajstić information content (AvgIpc) is 2.37.